The van der Waals surface area contributed by atoms with Gasteiger partial charge in [-0.2, -0.15) is 0 Å². The highest BCUT2D eigenvalue weighted by molar-refractivity contribution is 5.95. The van der Waals surface area contributed by atoms with Crippen LogP contribution < -0.4 is 5.56 Å². The first kappa shape index (κ1) is 14.5. The van der Waals surface area contributed by atoms with Crippen LogP contribution in [-0.2, 0) is 13.6 Å². The number of hydrogen-bond acceptors (Lipinski definition) is 2. The summed E-state index contributed by atoms with van der Waals surface area (Å²) in [6, 6.07) is 15.8. The van der Waals surface area contributed by atoms with Gasteiger partial charge in [0, 0.05) is 36.3 Å². The second-order valence-electron chi connectivity index (χ2n) is 5.82. The number of allylic oxidation sites excluding steroid dienone is 1. The molecule has 2 aromatic heterocycles. The number of aryl methyl sites for hydroxylation is 1. The molecule has 0 aliphatic rings. The van der Waals surface area contributed by atoms with E-state index in [1.807, 2.05) is 66.3 Å². The Kier molecular flexibility index (Phi) is 3.31. The number of para-hydroxylation sites is 3. The monoisotopic (exact) mass is 315 g/mol. The Morgan fingerprint density at radius 2 is 1.79 bits per heavy atom. The summed E-state index contributed by atoms with van der Waals surface area (Å²) in [5.41, 5.74) is 3.96. The second-order valence-corrected chi connectivity index (χ2v) is 5.82. The fourth-order valence-corrected chi connectivity index (χ4v) is 3.21. The molecule has 0 aliphatic heterocycles. The lowest BCUT2D eigenvalue weighted by Gasteiger charge is -2.10. The first-order valence-electron chi connectivity index (χ1n) is 7.85. The van der Waals surface area contributed by atoms with E-state index >= 15 is 0 Å². The average molecular weight is 315 g/mol. The average Bonchev–Trinajstić information content (AvgIpc) is 2.94. The van der Waals surface area contributed by atoms with Crippen molar-refractivity contribution < 1.29 is 0 Å². The topological polar surface area (TPSA) is 39.8 Å². The molecule has 0 atom stereocenters. The van der Waals surface area contributed by atoms with Crippen LogP contribution in [0.3, 0.4) is 0 Å². The van der Waals surface area contributed by atoms with Crippen LogP contribution in [0.25, 0.3) is 33.2 Å². The molecule has 4 heteroatoms. The van der Waals surface area contributed by atoms with Gasteiger partial charge in [-0.3, -0.25) is 4.79 Å². The van der Waals surface area contributed by atoms with Gasteiger partial charge >= 0.3 is 0 Å². The summed E-state index contributed by atoms with van der Waals surface area (Å²) in [5, 5.41) is 1.03. The van der Waals surface area contributed by atoms with E-state index in [1.54, 1.807) is 10.6 Å². The SMILES string of the molecule is C=CCn1c(=O)c(-c2cn(C)c3ccccc23)nc2ccccc21. The van der Waals surface area contributed by atoms with Crippen molar-refractivity contribution in [3.05, 3.63) is 77.7 Å². The smallest absolute Gasteiger partial charge is 0.277 e. The van der Waals surface area contributed by atoms with Crippen molar-refractivity contribution in [2.75, 3.05) is 0 Å². The zero-order chi connectivity index (χ0) is 16.7. The minimum absolute atomic E-state index is 0.0926. The molecule has 0 saturated carbocycles. The summed E-state index contributed by atoms with van der Waals surface area (Å²) in [7, 11) is 1.98. The Morgan fingerprint density at radius 1 is 1.08 bits per heavy atom. The van der Waals surface area contributed by atoms with E-state index in [4.69, 9.17) is 0 Å². The Hall–Kier alpha value is -3.14. The molecule has 4 nitrogen and oxygen atoms in total. The van der Waals surface area contributed by atoms with Crippen molar-refractivity contribution >= 4 is 21.9 Å². The third-order valence-corrected chi connectivity index (χ3v) is 4.32. The molecule has 0 spiro atoms. The molecule has 0 aliphatic carbocycles. The van der Waals surface area contributed by atoms with Crippen molar-refractivity contribution in [2.45, 2.75) is 6.54 Å². The molecular formula is C20H17N3O. The molecule has 0 amide bonds. The minimum atomic E-state index is -0.0926. The first-order chi connectivity index (χ1) is 11.7. The fraction of sp³-hybridized carbons (Fsp3) is 0.100. The van der Waals surface area contributed by atoms with E-state index < -0.39 is 0 Å². The normalized spacial score (nSPS) is 11.2. The fourth-order valence-electron chi connectivity index (χ4n) is 3.21. The predicted molar refractivity (Wildman–Crippen MR) is 98.1 cm³/mol. The van der Waals surface area contributed by atoms with E-state index in [9.17, 15) is 4.79 Å². The zero-order valence-electron chi connectivity index (χ0n) is 13.4. The van der Waals surface area contributed by atoms with E-state index in [1.165, 1.54) is 0 Å². The molecular weight excluding hydrogens is 298 g/mol. The van der Waals surface area contributed by atoms with Crippen LogP contribution in [0.2, 0.25) is 0 Å². The molecule has 0 radical (unpaired) electrons. The molecule has 118 valence electrons. The summed E-state index contributed by atoms with van der Waals surface area (Å²) in [6.45, 7) is 4.23. The van der Waals surface area contributed by atoms with E-state index in [2.05, 4.69) is 11.6 Å². The Morgan fingerprint density at radius 3 is 2.58 bits per heavy atom. The molecule has 0 unspecified atom stereocenters. The molecule has 0 fully saturated rings. The molecule has 2 heterocycles. The van der Waals surface area contributed by atoms with Crippen LogP contribution in [0, 0.1) is 0 Å². The van der Waals surface area contributed by atoms with Gasteiger partial charge in [-0.25, -0.2) is 4.98 Å². The van der Waals surface area contributed by atoms with Crippen LogP contribution in [0.5, 0.6) is 0 Å². The summed E-state index contributed by atoms with van der Waals surface area (Å²) in [5.74, 6) is 0. The van der Waals surface area contributed by atoms with Crippen molar-refractivity contribution in [1.29, 1.82) is 0 Å². The molecule has 0 N–H and O–H groups in total. The number of fused-ring (bicyclic) bond motifs is 2. The van der Waals surface area contributed by atoms with Crippen LogP contribution in [0.15, 0.2) is 72.2 Å². The van der Waals surface area contributed by atoms with E-state index in [0.29, 0.717) is 12.2 Å². The summed E-state index contributed by atoms with van der Waals surface area (Å²) >= 11 is 0. The van der Waals surface area contributed by atoms with Gasteiger partial charge in [0.25, 0.3) is 5.56 Å². The van der Waals surface area contributed by atoms with Crippen molar-refractivity contribution in [3.63, 3.8) is 0 Å². The summed E-state index contributed by atoms with van der Waals surface area (Å²) in [6.07, 6.45) is 3.71. The van der Waals surface area contributed by atoms with Gasteiger partial charge in [-0.05, 0) is 18.2 Å². The third-order valence-electron chi connectivity index (χ3n) is 4.32. The molecule has 2 aromatic carbocycles. The highest BCUT2D eigenvalue weighted by Crippen LogP contribution is 2.28. The van der Waals surface area contributed by atoms with E-state index in [-0.39, 0.29) is 5.56 Å². The number of hydrogen-bond donors (Lipinski definition) is 0. The predicted octanol–water partition coefficient (Wildman–Crippen LogP) is 3.74. The van der Waals surface area contributed by atoms with Gasteiger partial charge in [0.15, 0.2) is 0 Å². The lowest BCUT2D eigenvalue weighted by molar-refractivity contribution is 0.812. The first-order valence-corrected chi connectivity index (χ1v) is 7.85. The maximum atomic E-state index is 13.1. The minimum Gasteiger partial charge on any atom is -0.350 e. The number of nitrogens with zero attached hydrogens (tertiary/aromatic N) is 3. The number of rotatable bonds is 3. The maximum absolute atomic E-state index is 13.1. The number of benzene rings is 2. The lowest BCUT2D eigenvalue weighted by Crippen LogP contribution is -2.23. The van der Waals surface area contributed by atoms with Crippen LogP contribution in [-0.4, -0.2) is 14.1 Å². The molecule has 4 aromatic rings. The standard InChI is InChI=1S/C20H17N3O/c1-3-12-23-18-11-7-5-9-16(18)21-19(20(23)24)15-13-22(2)17-10-6-4-8-14(15)17/h3-11,13H,1,12H2,2H3. The van der Waals surface area contributed by atoms with Crippen molar-refractivity contribution in [1.82, 2.24) is 14.1 Å². The quantitative estimate of drug-likeness (QED) is 0.540. The van der Waals surface area contributed by atoms with Gasteiger partial charge in [-0.1, -0.05) is 36.4 Å². The Labute approximate surface area is 139 Å². The van der Waals surface area contributed by atoms with Gasteiger partial charge in [-0.15, -0.1) is 6.58 Å². The maximum Gasteiger partial charge on any atom is 0.277 e. The number of aromatic nitrogens is 3. The Balaban J connectivity index is 2.11. The highest BCUT2D eigenvalue weighted by Gasteiger charge is 2.16. The van der Waals surface area contributed by atoms with Crippen molar-refractivity contribution in [3.8, 4) is 11.3 Å². The molecule has 0 bridgehead atoms. The highest BCUT2D eigenvalue weighted by atomic mass is 16.1. The van der Waals surface area contributed by atoms with Crippen molar-refractivity contribution in [2.24, 2.45) is 7.05 Å². The Bertz CT molecular complexity index is 1130. The van der Waals surface area contributed by atoms with Gasteiger partial charge in [0.2, 0.25) is 0 Å². The lowest BCUT2D eigenvalue weighted by atomic mass is 10.1. The van der Waals surface area contributed by atoms with Crippen LogP contribution >= 0.6 is 0 Å². The van der Waals surface area contributed by atoms with Gasteiger partial charge in [0.05, 0.1) is 11.0 Å². The van der Waals surface area contributed by atoms with Gasteiger partial charge < -0.3 is 9.13 Å². The third kappa shape index (κ3) is 2.07. The van der Waals surface area contributed by atoms with Crippen LogP contribution in [0.4, 0.5) is 0 Å². The second kappa shape index (κ2) is 5.49. The molecule has 4 rings (SSSR count). The molecule has 0 saturated heterocycles. The summed E-state index contributed by atoms with van der Waals surface area (Å²) in [4.78, 5) is 17.7. The van der Waals surface area contributed by atoms with E-state index in [0.717, 1.165) is 27.5 Å². The van der Waals surface area contributed by atoms with Gasteiger partial charge in [0.1, 0.15) is 5.69 Å². The molecule has 24 heavy (non-hydrogen) atoms. The zero-order valence-corrected chi connectivity index (χ0v) is 13.4. The summed E-state index contributed by atoms with van der Waals surface area (Å²) < 4.78 is 3.76. The largest absolute Gasteiger partial charge is 0.350 e. The van der Waals surface area contributed by atoms with Crippen LogP contribution in [0.1, 0.15) is 0 Å².